The lowest BCUT2D eigenvalue weighted by Crippen LogP contribution is -2.39. The van der Waals surface area contributed by atoms with E-state index in [1.54, 1.807) is 36.4 Å². The molecule has 0 heterocycles. The molecule has 0 amide bonds. The van der Waals surface area contributed by atoms with Crippen LogP contribution in [0, 0.1) is 29.1 Å². The summed E-state index contributed by atoms with van der Waals surface area (Å²) in [4.78, 5) is 12.8. The van der Waals surface area contributed by atoms with E-state index in [1.165, 1.54) is 5.19 Å². The van der Waals surface area contributed by atoms with Crippen molar-refractivity contribution in [2.75, 3.05) is 0 Å². The Morgan fingerprint density at radius 2 is 1.30 bits per heavy atom. The van der Waals surface area contributed by atoms with Crippen LogP contribution in [-0.4, -0.2) is 14.0 Å². The summed E-state index contributed by atoms with van der Waals surface area (Å²) >= 11 is 0. The van der Waals surface area contributed by atoms with E-state index in [2.05, 4.69) is 13.1 Å². The second-order valence-electron chi connectivity index (χ2n) is 8.01. The molecule has 0 unspecified atom stereocenters. The van der Waals surface area contributed by atoms with Gasteiger partial charge in [0.05, 0.1) is 5.92 Å². The molecule has 172 valence electrons. The zero-order valence-corrected chi connectivity index (χ0v) is 18.9. The van der Waals surface area contributed by atoms with Crippen molar-refractivity contribution in [2.24, 2.45) is 0 Å². The van der Waals surface area contributed by atoms with Crippen LogP contribution in [0.5, 0.6) is 5.75 Å². The number of carbonyl (C=O) groups excluding carboxylic acids is 1. The fourth-order valence-corrected chi connectivity index (χ4v) is 5.33. The van der Waals surface area contributed by atoms with E-state index in [9.17, 15) is 26.7 Å². The maximum Gasteiger partial charge on any atom is 0.319 e. The second kappa shape index (κ2) is 10.1. The highest BCUT2D eigenvalue weighted by Crippen LogP contribution is 2.31. The van der Waals surface area contributed by atoms with Gasteiger partial charge in [0.15, 0.2) is 0 Å². The van der Waals surface area contributed by atoms with Gasteiger partial charge in [-0.3, -0.25) is 4.79 Å². The monoisotopic (exact) mass is 476 g/mol. The molecule has 33 heavy (non-hydrogen) atoms. The number of benzene rings is 3. The van der Waals surface area contributed by atoms with Crippen molar-refractivity contribution in [1.29, 1.82) is 0 Å². The highest BCUT2D eigenvalue weighted by Gasteiger charge is 2.31. The number of hydrogen-bond acceptors (Lipinski definition) is 2. The predicted molar refractivity (Wildman–Crippen MR) is 118 cm³/mol. The van der Waals surface area contributed by atoms with Crippen molar-refractivity contribution in [3.8, 4) is 5.75 Å². The Morgan fingerprint density at radius 3 is 1.85 bits per heavy atom. The number of rotatable bonds is 7. The van der Waals surface area contributed by atoms with Gasteiger partial charge in [0.2, 0.25) is 34.8 Å². The molecular weight excluding hydrogens is 455 g/mol. The highest BCUT2D eigenvalue weighted by atomic mass is 28.3. The molecular formula is C25H21F5O2Si. The lowest BCUT2D eigenvalue weighted by molar-refractivity contribution is -0.136. The molecule has 0 spiro atoms. The molecule has 3 aromatic carbocycles. The van der Waals surface area contributed by atoms with Crippen LogP contribution in [0.2, 0.25) is 13.1 Å². The minimum atomic E-state index is -2.32. The summed E-state index contributed by atoms with van der Waals surface area (Å²) in [5.41, 5.74) is 2.50. The first-order chi connectivity index (χ1) is 15.6. The molecule has 0 saturated heterocycles. The molecule has 0 saturated carbocycles. The number of halogens is 5. The predicted octanol–water partition coefficient (Wildman–Crippen LogP) is 6.17. The second-order valence-corrected chi connectivity index (χ2v) is 12.4. The molecule has 1 atom stereocenters. The molecule has 3 aromatic rings. The van der Waals surface area contributed by atoms with Crippen LogP contribution < -0.4 is 9.92 Å². The third kappa shape index (κ3) is 5.39. The quantitative estimate of drug-likeness (QED) is 0.102. The van der Waals surface area contributed by atoms with Crippen molar-refractivity contribution in [2.45, 2.75) is 25.4 Å². The summed E-state index contributed by atoms with van der Waals surface area (Å²) in [7, 11) is -1.99. The highest BCUT2D eigenvalue weighted by molar-refractivity contribution is 6.93. The van der Waals surface area contributed by atoms with Gasteiger partial charge in [0, 0.05) is 0 Å². The van der Waals surface area contributed by atoms with Gasteiger partial charge >= 0.3 is 5.97 Å². The summed E-state index contributed by atoms with van der Waals surface area (Å²) < 4.78 is 73.1. The zero-order chi connectivity index (χ0) is 24.2. The van der Waals surface area contributed by atoms with Gasteiger partial charge in [0.25, 0.3) is 0 Å². The largest absolute Gasteiger partial charge is 0.420 e. The van der Waals surface area contributed by atoms with Crippen LogP contribution in [0.1, 0.15) is 17.9 Å². The first-order valence-corrected chi connectivity index (χ1v) is 13.2. The molecule has 0 aliphatic carbocycles. The van der Waals surface area contributed by atoms with E-state index < -0.39 is 54.8 Å². The molecule has 3 rings (SSSR count). The summed E-state index contributed by atoms with van der Waals surface area (Å²) in [6, 6.07) is 18.1. The van der Waals surface area contributed by atoms with Crippen LogP contribution >= 0.6 is 0 Å². The van der Waals surface area contributed by atoms with Gasteiger partial charge in [-0.25, -0.2) is 13.2 Å². The number of ether oxygens (including phenoxy) is 1. The lowest BCUT2D eigenvalue weighted by atomic mass is 9.96. The molecule has 0 radical (unpaired) electrons. The summed E-state index contributed by atoms with van der Waals surface area (Å²) in [5.74, 6) is -14.8. The van der Waals surface area contributed by atoms with Gasteiger partial charge in [-0.05, 0) is 12.0 Å². The summed E-state index contributed by atoms with van der Waals surface area (Å²) in [5, 5.41) is 1.17. The van der Waals surface area contributed by atoms with E-state index in [4.69, 9.17) is 4.74 Å². The Hall–Kier alpha value is -3.26. The standard InChI is InChI=1S/C25H21F5O2Si/c1-33(2,17-12-7-4-8-13-17)15-9-14-18(16-10-5-3-6-11-16)25(31)32-24-22(29)20(27)19(26)21(28)23(24)30/h3-13,15,18H,14H2,1-2H3/b15-9+/t18-/m1/s1. The van der Waals surface area contributed by atoms with Gasteiger partial charge in [-0.15, -0.1) is 0 Å². The van der Waals surface area contributed by atoms with E-state index in [-0.39, 0.29) is 6.42 Å². The molecule has 2 nitrogen and oxygen atoms in total. The Kier molecular flexibility index (Phi) is 7.48. The summed E-state index contributed by atoms with van der Waals surface area (Å²) in [6.07, 6.45) is 1.90. The Labute approximate surface area is 189 Å². The molecule has 0 aliphatic rings. The average Bonchev–Trinajstić information content (AvgIpc) is 2.83. The van der Waals surface area contributed by atoms with Gasteiger partial charge < -0.3 is 4.74 Å². The molecule has 0 bridgehead atoms. The van der Waals surface area contributed by atoms with Gasteiger partial charge in [0.1, 0.15) is 8.07 Å². The molecule has 0 fully saturated rings. The van der Waals surface area contributed by atoms with Crippen LogP contribution in [0.3, 0.4) is 0 Å². The molecule has 0 N–H and O–H groups in total. The minimum absolute atomic E-state index is 0.113. The van der Waals surface area contributed by atoms with E-state index in [0.29, 0.717) is 5.56 Å². The Balaban J connectivity index is 1.89. The topological polar surface area (TPSA) is 26.3 Å². The van der Waals surface area contributed by atoms with Gasteiger partial charge in [-0.2, -0.15) is 8.78 Å². The minimum Gasteiger partial charge on any atom is -0.420 e. The normalized spacial score (nSPS) is 12.7. The smallest absolute Gasteiger partial charge is 0.319 e. The Bertz CT molecular complexity index is 1140. The molecule has 0 aliphatic heterocycles. The first kappa shape index (κ1) is 24.4. The van der Waals surface area contributed by atoms with Crippen molar-refractivity contribution >= 4 is 19.2 Å². The molecule has 8 heteroatoms. The van der Waals surface area contributed by atoms with Crippen LogP contribution in [0.15, 0.2) is 72.4 Å². The van der Waals surface area contributed by atoms with E-state index in [0.717, 1.165) is 0 Å². The van der Waals surface area contributed by atoms with Crippen molar-refractivity contribution in [3.63, 3.8) is 0 Å². The number of carbonyl (C=O) groups is 1. The van der Waals surface area contributed by atoms with Crippen LogP contribution in [-0.2, 0) is 4.79 Å². The van der Waals surface area contributed by atoms with Crippen molar-refractivity contribution in [1.82, 2.24) is 0 Å². The third-order valence-corrected chi connectivity index (χ3v) is 8.17. The fraction of sp³-hybridized carbons (Fsp3) is 0.160. The van der Waals surface area contributed by atoms with Gasteiger partial charge in [-0.1, -0.05) is 90.7 Å². The lowest BCUT2D eigenvalue weighted by Gasteiger charge is -2.19. The SMILES string of the molecule is C[Si](C)(/C=C/C[C@@H](C(=O)Oc1c(F)c(F)c(F)c(F)c1F)c1ccccc1)c1ccccc1. The number of hydrogen-bond donors (Lipinski definition) is 0. The number of allylic oxidation sites excluding steroid dienone is 1. The fourth-order valence-electron chi connectivity index (χ4n) is 3.36. The van der Waals surface area contributed by atoms with E-state index in [1.807, 2.05) is 36.0 Å². The van der Waals surface area contributed by atoms with E-state index >= 15 is 0 Å². The maximum absolute atomic E-state index is 14.0. The maximum atomic E-state index is 14.0. The zero-order valence-electron chi connectivity index (χ0n) is 17.9. The third-order valence-electron chi connectivity index (χ3n) is 5.28. The summed E-state index contributed by atoms with van der Waals surface area (Å²) in [6.45, 7) is 4.23. The van der Waals surface area contributed by atoms with Crippen molar-refractivity contribution < 1.29 is 31.5 Å². The van der Waals surface area contributed by atoms with Crippen LogP contribution in [0.25, 0.3) is 0 Å². The Morgan fingerprint density at radius 1 is 0.818 bits per heavy atom. The van der Waals surface area contributed by atoms with Crippen LogP contribution in [0.4, 0.5) is 22.0 Å². The van der Waals surface area contributed by atoms with Crippen molar-refractivity contribution in [3.05, 3.63) is 107 Å². The number of esters is 1. The molecule has 0 aromatic heterocycles. The average molecular weight is 477 g/mol. The first-order valence-electron chi connectivity index (χ1n) is 10.1.